The molecule has 3 N–H and O–H groups in total. The van der Waals surface area contributed by atoms with Gasteiger partial charge in [-0.1, -0.05) is 6.07 Å². The van der Waals surface area contributed by atoms with E-state index in [9.17, 15) is 9.50 Å². The van der Waals surface area contributed by atoms with E-state index >= 15 is 0 Å². The molecule has 1 aromatic rings. The largest absolute Gasteiger partial charge is 0.505 e. The van der Waals surface area contributed by atoms with Gasteiger partial charge in [-0.3, -0.25) is 0 Å². The second-order valence-electron chi connectivity index (χ2n) is 2.53. The van der Waals surface area contributed by atoms with Crippen LogP contribution in [0.1, 0.15) is 11.1 Å². The number of aryl methyl sites for hydroxylation is 1. The summed E-state index contributed by atoms with van der Waals surface area (Å²) in [6.07, 6.45) is 0. The van der Waals surface area contributed by atoms with E-state index in [0.29, 0.717) is 5.56 Å². The molecule has 4 heteroatoms. The van der Waals surface area contributed by atoms with E-state index in [1.807, 2.05) is 5.48 Å². The first-order valence-corrected chi connectivity index (χ1v) is 3.50. The summed E-state index contributed by atoms with van der Waals surface area (Å²) in [6.45, 7) is 1.77. The van der Waals surface area contributed by atoms with Crippen LogP contribution in [-0.2, 0) is 6.54 Å². The molecule has 0 heterocycles. The number of hydroxylamine groups is 1. The third-order valence-corrected chi connectivity index (χ3v) is 1.72. The third-order valence-electron chi connectivity index (χ3n) is 1.72. The molecule has 1 rings (SSSR count). The van der Waals surface area contributed by atoms with Crippen molar-refractivity contribution in [1.29, 1.82) is 0 Å². The fourth-order valence-corrected chi connectivity index (χ4v) is 1.01. The Morgan fingerprint density at radius 1 is 1.50 bits per heavy atom. The van der Waals surface area contributed by atoms with Crippen LogP contribution in [0.4, 0.5) is 4.39 Å². The summed E-state index contributed by atoms with van der Waals surface area (Å²) in [5.41, 5.74) is 2.97. The summed E-state index contributed by atoms with van der Waals surface area (Å²) in [5, 5.41) is 17.6. The topological polar surface area (TPSA) is 52.5 Å². The molecule has 0 atom stereocenters. The van der Waals surface area contributed by atoms with Gasteiger partial charge in [0.2, 0.25) is 0 Å². The first-order chi connectivity index (χ1) is 5.66. The van der Waals surface area contributed by atoms with Crippen LogP contribution in [0.2, 0.25) is 0 Å². The van der Waals surface area contributed by atoms with Gasteiger partial charge in [0.15, 0.2) is 11.6 Å². The van der Waals surface area contributed by atoms with Crippen LogP contribution in [0.5, 0.6) is 5.75 Å². The molecule has 0 fully saturated rings. The van der Waals surface area contributed by atoms with Gasteiger partial charge in [-0.2, -0.15) is 0 Å². The molecule has 0 bridgehead atoms. The SMILES string of the molecule is Cc1ccc(F)c(O)c1CNO. The van der Waals surface area contributed by atoms with Crippen molar-refractivity contribution in [2.24, 2.45) is 0 Å². The summed E-state index contributed by atoms with van der Waals surface area (Å²) in [7, 11) is 0. The molecule has 0 aromatic heterocycles. The molecule has 12 heavy (non-hydrogen) atoms. The Balaban J connectivity index is 3.14. The number of rotatable bonds is 2. The Hall–Kier alpha value is -1.13. The van der Waals surface area contributed by atoms with Gasteiger partial charge in [-0.15, -0.1) is 0 Å². The van der Waals surface area contributed by atoms with Crippen molar-refractivity contribution < 1.29 is 14.7 Å². The second kappa shape index (κ2) is 3.51. The first-order valence-electron chi connectivity index (χ1n) is 3.50. The minimum Gasteiger partial charge on any atom is -0.505 e. The van der Waals surface area contributed by atoms with Crippen molar-refractivity contribution >= 4 is 0 Å². The van der Waals surface area contributed by atoms with E-state index < -0.39 is 11.6 Å². The number of aromatic hydroxyl groups is 1. The Morgan fingerprint density at radius 2 is 2.17 bits per heavy atom. The highest BCUT2D eigenvalue weighted by Crippen LogP contribution is 2.23. The fraction of sp³-hybridized carbons (Fsp3) is 0.250. The van der Waals surface area contributed by atoms with Crippen molar-refractivity contribution in [2.45, 2.75) is 13.5 Å². The van der Waals surface area contributed by atoms with Crippen molar-refractivity contribution in [3.05, 3.63) is 29.1 Å². The van der Waals surface area contributed by atoms with Gasteiger partial charge in [0.25, 0.3) is 0 Å². The summed E-state index contributed by atoms with van der Waals surface area (Å²) in [6, 6.07) is 2.73. The molecule has 0 saturated heterocycles. The summed E-state index contributed by atoms with van der Waals surface area (Å²) in [4.78, 5) is 0. The van der Waals surface area contributed by atoms with Crippen molar-refractivity contribution in [3.63, 3.8) is 0 Å². The highest BCUT2D eigenvalue weighted by molar-refractivity contribution is 5.39. The van der Waals surface area contributed by atoms with Gasteiger partial charge in [0, 0.05) is 12.1 Å². The Bertz CT molecular complexity index is 289. The van der Waals surface area contributed by atoms with E-state index in [0.717, 1.165) is 5.56 Å². The molecular weight excluding hydrogens is 161 g/mol. The predicted molar refractivity (Wildman–Crippen MR) is 41.4 cm³/mol. The van der Waals surface area contributed by atoms with E-state index in [4.69, 9.17) is 5.21 Å². The highest BCUT2D eigenvalue weighted by Gasteiger charge is 2.08. The lowest BCUT2D eigenvalue weighted by Gasteiger charge is -2.07. The lowest BCUT2D eigenvalue weighted by molar-refractivity contribution is 0.159. The number of phenolic OH excluding ortho intramolecular Hbond substituents is 1. The van der Waals surface area contributed by atoms with E-state index in [-0.39, 0.29) is 6.54 Å². The molecule has 66 valence electrons. The molecule has 1 aromatic carbocycles. The third kappa shape index (κ3) is 1.54. The standard InChI is InChI=1S/C8H10FNO2/c1-5-2-3-7(9)8(11)6(5)4-10-12/h2-3,10-12H,4H2,1H3. The van der Waals surface area contributed by atoms with Crippen molar-refractivity contribution in [3.8, 4) is 5.75 Å². The van der Waals surface area contributed by atoms with Crippen LogP contribution in [0.3, 0.4) is 0 Å². The lowest BCUT2D eigenvalue weighted by Crippen LogP contribution is -2.08. The normalized spacial score (nSPS) is 10.2. The monoisotopic (exact) mass is 171 g/mol. The van der Waals surface area contributed by atoms with Crippen LogP contribution in [0, 0.1) is 12.7 Å². The van der Waals surface area contributed by atoms with Crippen LogP contribution in [-0.4, -0.2) is 10.3 Å². The number of phenols is 1. The predicted octanol–water partition coefficient (Wildman–Crippen LogP) is 1.32. The molecule has 0 aliphatic carbocycles. The maximum Gasteiger partial charge on any atom is 0.165 e. The smallest absolute Gasteiger partial charge is 0.165 e. The molecule has 0 spiro atoms. The van der Waals surface area contributed by atoms with Crippen LogP contribution >= 0.6 is 0 Å². The van der Waals surface area contributed by atoms with Gasteiger partial charge in [-0.25, -0.2) is 9.87 Å². The number of halogens is 1. The van der Waals surface area contributed by atoms with Gasteiger partial charge >= 0.3 is 0 Å². The highest BCUT2D eigenvalue weighted by atomic mass is 19.1. The number of hydrogen-bond donors (Lipinski definition) is 3. The number of benzene rings is 1. The van der Waals surface area contributed by atoms with Gasteiger partial charge in [0.05, 0.1) is 0 Å². The van der Waals surface area contributed by atoms with Crippen molar-refractivity contribution in [2.75, 3.05) is 0 Å². The van der Waals surface area contributed by atoms with Crippen LogP contribution in [0.15, 0.2) is 12.1 Å². The van der Waals surface area contributed by atoms with Crippen LogP contribution in [0.25, 0.3) is 0 Å². The van der Waals surface area contributed by atoms with Gasteiger partial charge < -0.3 is 10.3 Å². The Morgan fingerprint density at radius 3 is 2.75 bits per heavy atom. The molecule has 0 amide bonds. The Labute approximate surface area is 69.4 Å². The number of nitrogens with one attached hydrogen (secondary N) is 1. The molecular formula is C8H10FNO2. The number of hydrogen-bond acceptors (Lipinski definition) is 3. The van der Waals surface area contributed by atoms with Crippen molar-refractivity contribution in [1.82, 2.24) is 5.48 Å². The van der Waals surface area contributed by atoms with E-state index in [2.05, 4.69) is 0 Å². The Kier molecular flexibility index (Phi) is 2.62. The minimum absolute atomic E-state index is 0.0371. The van der Waals surface area contributed by atoms with Gasteiger partial charge in [-0.05, 0) is 18.6 Å². The summed E-state index contributed by atoms with van der Waals surface area (Å²) < 4.78 is 12.7. The molecule has 0 aliphatic heterocycles. The molecule has 3 nitrogen and oxygen atoms in total. The molecule has 0 aliphatic rings. The summed E-state index contributed by atoms with van der Waals surface area (Å²) in [5.74, 6) is -1.08. The minimum atomic E-state index is -0.675. The maximum absolute atomic E-state index is 12.7. The second-order valence-corrected chi connectivity index (χ2v) is 2.53. The maximum atomic E-state index is 12.7. The zero-order chi connectivity index (χ0) is 9.14. The fourth-order valence-electron chi connectivity index (χ4n) is 1.01. The average molecular weight is 171 g/mol. The lowest BCUT2D eigenvalue weighted by atomic mass is 10.1. The quantitative estimate of drug-likeness (QED) is 0.588. The van der Waals surface area contributed by atoms with E-state index in [1.54, 1.807) is 13.0 Å². The molecule has 0 unspecified atom stereocenters. The zero-order valence-electron chi connectivity index (χ0n) is 6.63. The zero-order valence-corrected chi connectivity index (χ0v) is 6.63. The summed E-state index contributed by atoms with van der Waals surface area (Å²) >= 11 is 0. The molecule has 0 radical (unpaired) electrons. The first kappa shape index (κ1) is 8.96. The van der Waals surface area contributed by atoms with Crippen LogP contribution < -0.4 is 5.48 Å². The average Bonchev–Trinajstić information content (AvgIpc) is 2.06. The van der Waals surface area contributed by atoms with E-state index in [1.165, 1.54) is 6.07 Å². The van der Waals surface area contributed by atoms with Gasteiger partial charge in [0.1, 0.15) is 0 Å². The molecule has 0 saturated carbocycles.